The number of halogens is 1. The van der Waals surface area contributed by atoms with Gasteiger partial charge in [-0.2, -0.15) is 0 Å². The van der Waals surface area contributed by atoms with Gasteiger partial charge in [0.15, 0.2) is 0 Å². The summed E-state index contributed by atoms with van der Waals surface area (Å²) in [5.74, 6) is -0.105. The van der Waals surface area contributed by atoms with Gasteiger partial charge in [-0.25, -0.2) is 9.18 Å². The number of carbonyl (C=O) groups is 1. The maximum absolute atomic E-state index is 13.2. The number of carbonyl (C=O) groups excluding carboxylic acids is 1. The number of aliphatic hydroxyl groups is 1. The molecule has 3 N–H and O–H groups in total. The number of urea groups is 1. The largest absolute Gasteiger partial charge is 0.495 e. The van der Waals surface area contributed by atoms with Gasteiger partial charge in [0.2, 0.25) is 0 Å². The predicted octanol–water partition coefficient (Wildman–Crippen LogP) is 3.08. The number of hydrogen-bond donors (Lipinski definition) is 3. The lowest BCUT2D eigenvalue weighted by atomic mass is 10.1. The maximum atomic E-state index is 13.2. The Hall–Kier alpha value is -2.60. The molecular weight excluding hydrogens is 299 g/mol. The number of ether oxygens (including phenoxy) is 1. The van der Waals surface area contributed by atoms with Crippen LogP contribution in [-0.4, -0.2) is 24.8 Å². The molecule has 0 saturated carbocycles. The highest BCUT2D eigenvalue weighted by Crippen LogP contribution is 2.24. The summed E-state index contributed by atoms with van der Waals surface area (Å²) in [6.45, 7) is 0.277. The average Bonchev–Trinajstić information content (AvgIpc) is 2.56. The monoisotopic (exact) mass is 318 g/mol. The zero-order valence-corrected chi connectivity index (χ0v) is 12.8. The van der Waals surface area contributed by atoms with Gasteiger partial charge in [-0.15, -0.1) is 0 Å². The molecule has 0 saturated heterocycles. The normalized spacial score (nSPS) is 11.6. The third-order valence-corrected chi connectivity index (χ3v) is 3.30. The van der Waals surface area contributed by atoms with E-state index in [1.54, 1.807) is 0 Å². The number of nitrogens with one attached hydrogen (secondary N) is 2. The molecule has 23 heavy (non-hydrogen) atoms. The number of rotatable bonds is 6. The lowest BCUT2D eigenvalue weighted by Crippen LogP contribution is -2.30. The van der Waals surface area contributed by atoms with Crippen LogP contribution in [0.15, 0.2) is 48.5 Å². The van der Waals surface area contributed by atoms with E-state index in [0.717, 1.165) is 5.56 Å². The fourth-order valence-electron chi connectivity index (χ4n) is 2.11. The second-order valence-electron chi connectivity index (χ2n) is 4.94. The Kier molecular flexibility index (Phi) is 5.94. The van der Waals surface area contributed by atoms with Crippen molar-refractivity contribution < 1.29 is 19.0 Å². The van der Waals surface area contributed by atoms with Crippen LogP contribution < -0.4 is 15.4 Å². The fraction of sp³-hybridized carbons (Fsp3) is 0.235. The van der Waals surface area contributed by atoms with Gasteiger partial charge >= 0.3 is 6.03 Å². The highest BCUT2D eigenvalue weighted by atomic mass is 19.1. The minimum Gasteiger partial charge on any atom is -0.495 e. The van der Waals surface area contributed by atoms with Crippen LogP contribution in [0.3, 0.4) is 0 Å². The molecule has 0 aliphatic carbocycles. The summed E-state index contributed by atoms with van der Waals surface area (Å²) in [4.78, 5) is 11.8. The first-order chi connectivity index (χ1) is 11.1. The summed E-state index contributed by atoms with van der Waals surface area (Å²) < 4.78 is 18.3. The van der Waals surface area contributed by atoms with E-state index in [9.17, 15) is 14.3 Å². The molecule has 0 fully saturated rings. The molecule has 0 bridgehead atoms. The molecule has 122 valence electrons. The highest BCUT2D eigenvalue weighted by molar-refractivity contribution is 5.90. The number of anilines is 1. The van der Waals surface area contributed by atoms with Crippen molar-refractivity contribution in [3.8, 4) is 5.75 Å². The van der Waals surface area contributed by atoms with Gasteiger partial charge in [-0.1, -0.05) is 30.3 Å². The number of aliphatic hydroxyl groups excluding tert-OH is 1. The summed E-state index contributed by atoms with van der Waals surface area (Å²) in [5.41, 5.74) is 1.04. The molecular formula is C17H19FN2O3. The van der Waals surface area contributed by atoms with Crippen molar-refractivity contribution in [1.82, 2.24) is 5.32 Å². The second-order valence-corrected chi connectivity index (χ2v) is 4.94. The molecule has 0 aliphatic heterocycles. The van der Waals surface area contributed by atoms with E-state index in [0.29, 0.717) is 12.2 Å². The van der Waals surface area contributed by atoms with E-state index >= 15 is 0 Å². The van der Waals surface area contributed by atoms with E-state index in [2.05, 4.69) is 10.6 Å². The Balaban J connectivity index is 1.83. The Bertz CT molecular complexity index is 650. The first-order valence-electron chi connectivity index (χ1n) is 7.21. The number of methoxy groups -OCH3 is 1. The van der Waals surface area contributed by atoms with Crippen molar-refractivity contribution >= 4 is 11.7 Å². The predicted molar refractivity (Wildman–Crippen MR) is 86.0 cm³/mol. The van der Waals surface area contributed by atoms with Crippen molar-refractivity contribution in [2.45, 2.75) is 12.5 Å². The van der Waals surface area contributed by atoms with Crippen LogP contribution in [0.25, 0.3) is 0 Å². The van der Waals surface area contributed by atoms with Crippen LogP contribution in [0.1, 0.15) is 18.1 Å². The Labute approximate surface area is 134 Å². The molecule has 0 aromatic heterocycles. The Morgan fingerprint density at radius 3 is 2.70 bits per heavy atom. The van der Waals surface area contributed by atoms with Gasteiger partial charge < -0.3 is 20.5 Å². The third-order valence-electron chi connectivity index (χ3n) is 3.30. The van der Waals surface area contributed by atoms with Gasteiger partial charge in [0.1, 0.15) is 11.6 Å². The van der Waals surface area contributed by atoms with Crippen LogP contribution in [0, 0.1) is 5.82 Å². The van der Waals surface area contributed by atoms with Crippen LogP contribution in [-0.2, 0) is 0 Å². The Morgan fingerprint density at radius 1 is 1.26 bits per heavy atom. The molecule has 1 unspecified atom stereocenters. The topological polar surface area (TPSA) is 70.6 Å². The zero-order valence-electron chi connectivity index (χ0n) is 12.8. The first kappa shape index (κ1) is 16.8. The van der Waals surface area contributed by atoms with Gasteiger partial charge in [0.05, 0.1) is 18.9 Å². The molecule has 5 nitrogen and oxygen atoms in total. The van der Waals surface area contributed by atoms with Crippen LogP contribution in [0.2, 0.25) is 0 Å². The molecule has 2 rings (SSSR count). The minimum atomic E-state index is -0.653. The van der Waals surface area contributed by atoms with Crippen LogP contribution >= 0.6 is 0 Å². The van der Waals surface area contributed by atoms with Gasteiger partial charge in [-0.3, -0.25) is 0 Å². The molecule has 2 aromatic carbocycles. The zero-order chi connectivity index (χ0) is 16.7. The summed E-state index contributed by atoms with van der Waals surface area (Å²) >= 11 is 0. The standard InChI is InChI=1S/C17H19FN2O3/c1-23-16-8-7-13(18)11-14(16)20-17(22)19-10-9-15(21)12-5-3-2-4-6-12/h2-8,11,15,21H,9-10H2,1H3,(H2,19,20,22). The number of benzene rings is 2. The van der Waals surface area contributed by atoms with Gasteiger partial charge in [0.25, 0.3) is 0 Å². The molecule has 2 amide bonds. The molecule has 2 aromatic rings. The number of amides is 2. The SMILES string of the molecule is COc1ccc(F)cc1NC(=O)NCCC(O)c1ccccc1. The highest BCUT2D eigenvalue weighted by Gasteiger charge is 2.10. The molecule has 6 heteroatoms. The van der Waals surface area contributed by atoms with E-state index in [1.807, 2.05) is 30.3 Å². The second kappa shape index (κ2) is 8.14. The minimum absolute atomic E-state index is 0.244. The summed E-state index contributed by atoms with van der Waals surface area (Å²) in [5, 5.41) is 15.1. The van der Waals surface area contributed by atoms with Crippen molar-refractivity contribution in [3.63, 3.8) is 0 Å². The molecule has 0 spiro atoms. The number of hydrogen-bond acceptors (Lipinski definition) is 3. The van der Waals surface area contributed by atoms with Crippen LogP contribution in [0.5, 0.6) is 5.75 Å². The molecule has 1 atom stereocenters. The molecule has 0 radical (unpaired) electrons. The third kappa shape index (κ3) is 4.96. The summed E-state index contributed by atoms with van der Waals surface area (Å²) in [6, 6.07) is 12.6. The lowest BCUT2D eigenvalue weighted by Gasteiger charge is -2.13. The van der Waals surface area contributed by atoms with Gasteiger partial charge in [-0.05, 0) is 24.1 Å². The smallest absolute Gasteiger partial charge is 0.319 e. The maximum Gasteiger partial charge on any atom is 0.319 e. The van der Waals surface area contributed by atoms with Crippen molar-refractivity contribution in [2.24, 2.45) is 0 Å². The van der Waals surface area contributed by atoms with E-state index in [4.69, 9.17) is 4.74 Å². The fourth-order valence-corrected chi connectivity index (χ4v) is 2.11. The molecule has 0 heterocycles. The van der Waals surface area contributed by atoms with Gasteiger partial charge in [0, 0.05) is 12.6 Å². The van der Waals surface area contributed by atoms with Crippen molar-refractivity contribution in [3.05, 3.63) is 59.9 Å². The Morgan fingerprint density at radius 2 is 2.00 bits per heavy atom. The lowest BCUT2D eigenvalue weighted by molar-refractivity contribution is 0.167. The van der Waals surface area contributed by atoms with E-state index < -0.39 is 18.0 Å². The quantitative estimate of drug-likeness (QED) is 0.766. The van der Waals surface area contributed by atoms with Crippen LogP contribution in [0.4, 0.5) is 14.9 Å². The summed E-state index contributed by atoms with van der Waals surface area (Å²) in [6.07, 6.45) is -0.280. The summed E-state index contributed by atoms with van der Waals surface area (Å²) in [7, 11) is 1.44. The first-order valence-corrected chi connectivity index (χ1v) is 7.21. The molecule has 0 aliphatic rings. The van der Waals surface area contributed by atoms with E-state index in [1.165, 1.54) is 25.3 Å². The van der Waals surface area contributed by atoms with Crippen molar-refractivity contribution in [1.29, 1.82) is 0 Å². The van der Waals surface area contributed by atoms with E-state index in [-0.39, 0.29) is 12.2 Å². The average molecular weight is 318 g/mol. The van der Waals surface area contributed by atoms with Crippen molar-refractivity contribution in [2.75, 3.05) is 19.0 Å².